The summed E-state index contributed by atoms with van der Waals surface area (Å²) in [5.74, 6) is 1.33. The molecule has 0 aliphatic rings. The van der Waals surface area contributed by atoms with E-state index in [1.54, 1.807) is 6.20 Å². The lowest BCUT2D eigenvalue weighted by Crippen LogP contribution is -2.01. The first-order chi connectivity index (χ1) is 8.58. The van der Waals surface area contributed by atoms with E-state index in [-0.39, 0.29) is 0 Å². The Labute approximate surface area is 108 Å². The van der Waals surface area contributed by atoms with Crippen molar-refractivity contribution in [2.75, 3.05) is 11.1 Å². The lowest BCUT2D eigenvalue weighted by atomic mass is 10.0. The molecule has 0 aliphatic heterocycles. The normalized spacial score (nSPS) is 10.7. The highest BCUT2D eigenvalue weighted by Crippen LogP contribution is 2.27. The van der Waals surface area contributed by atoms with Crippen LogP contribution in [0.15, 0.2) is 36.5 Å². The molecule has 0 spiro atoms. The van der Waals surface area contributed by atoms with Gasteiger partial charge < -0.3 is 11.1 Å². The third-order valence-electron chi connectivity index (χ3n) is 2.94. The highest BCUT2D eigenvalue weighted by Gasteiger charge is 2.07. The third-order valence-corrected chi connectivity index (χ3v) is 2.94. The first-order valence-corrected chi connectivity index (χ1v) is 6.16. The van der Waals surface area contributed by atoms with Gasteiger partial charge in [-0.3, -0.25) is 0 Å². The molecule has 94 valence electrons. The summed E-state index contributed by atoms with van der Waals surface area (Å²) in [6, 6.07) is 10.2. The second kappa shape index (κ2) is 5.08. The molecule has 18 heavy (non-hydrogen) atoms. The summed E-state index contributed by atoms with van der Waals surface area (Å²) in [7, 11) is 0. The van der Waals surface area contributed by atoms with Crippen LogP contribution < -0.4 is 11.1 Å². The van der Waals surface area contributed by atoms with Crippen LogP contribution in [0.5, 0.6) is 0 Å². The number of hydrogen-bond donors (Lipinski definition) is 2. The van der Waals surface area contributed by atoms with Gasteiger partial charge in [0.25, 0.3) is 0 Å². The minimum Gasteiger partial charge on any atom is -0.397 e. The highest BCUT2D eigenvalue weighted by molar-refractivity contribution is 5.64. The summed E-state index contributed by atoms with van der Waals surface area (Å²) in [6.45, 7) is 6.37. The second-order valence-corrected chi connectivity index (χ2v) is 4.80. The van der Waals surface area contributed by atoms with E-state index in [1.807, 2.05) is 19.1 Å². The summed E-state index contributed by atoms with van der Waals surface area (Å²) in [5, 5.41) is 3.38. The highest BCUT2D eigenvalue weighted by atomic mass is 15.0. The second-order valence-electron chi connectivity index (χ2n) is 4.80. The number of nitrogens with zero attached hydrogens (tertiary/aromatic N) is 1. The number of anilines is 3. The quantitative estimate of drug-likeness (QED) is 0.858. The Morgan fingerprint density at radius 3 is 2.61 bits per heavy atom. The Bertz CT molecular complexity index is 547. The minimum atomic E-state index is 0.475. The van der Waals surface area contributed by atoms with Crippen molar-refractivity contribution >= 4 is 17.2 Å². The van der Waals surface area contributed by atoms with Crippen molar-refractivity contribution in [1.29, 1.82) is 0 Å². The molecule has 0 unspecified atom stereocenters. The third kappa shape index (κ3) is 2.62. The zero-order chi connectivity index (χ0) is 13.1. The van der Waals surface area contributed by atoms with Gasteiger partial charge in [-0.05, 0) is 36.1 Å². The van der Waals surface area contributed by atoms with E-state index in [2.05, 4.69) is 42.3 Å². The number of aromatic nitrogens is 1. The molecule has 3 nitrogen and oxygen atoms in total. The van der Waals surface area contributed by atoms with E-state index in [9.17, 15) is 0 Å². The van der Waals surface area contributed by atoms with Gasteiger partial charge >= 0.3 is 0 Å². The van der Waals surface area contributed by atoms with Crippen molar-refractivity contribution in [3.8, 4) is 0 Å². The van der Waals surface area contributed by atoms with Crippen LogP contribution in [-0.4, -0.2) is 4.98 Å². The minimum absolute atomic E-state index is 0.475. The number of aryl methyl sites for hydroxylation is 1. The molecule has 1 heterocycles. The van der Waals surface area contributed by atoms with Crippen LogP contribution in [0, 0.1) is 6.92 Å². The van der Waals surface area contributed by atoms with Crippen molar-refractivity contribution in [2.45, 2.75) is 26.7 Å². The SMILES string of the molecule is Cc1cc(N)cnc1Nc1ccccc1C(C)C. The maximum Gasteiger partial charge on any atom is 0.133 e. The molecular weight excluding hydrogens is 222 g/mol. The van der Waals surface area contributed by atoms with E-state index in [0.717, 1.165) is 17.1 Å². The number of para-hydroxylation sites is 1. The molecule has 0 amide bonds. The monoisotopic (exact) mass is 241 g/mol. The summed E-state index contributed by atoms with van der Waals surface area (Å²) in [5.41, 5.74) is 9.84. The standard InChI is InChI=1S/C15H19N3/c1-10(2)13-6-4-5-7-14(13)18-15-11(3)8-12(16)9-17-15/h4-10H,16H2,1-3H3,(H,17,18). The fourth-order valence-electron chi connectivity index (χ4n) is 1.97. The van der Waals surface area contributed by atoms with Gasteiger partial charge in [0, 0.05) is 5.69 Å². The number of hydrogen-bond acceptors (Lipinski definition) is 3. The van der Waals surface area contributed by atoms with Gasteiger partial charge in [-0.2, -0.15) is 0 Å². The van der Waals surface area contributed by atoms with Gasteiger partial charge in [-0.1, -0.05) is 32.0 Å². The first-order valence-electron chi connectivity index (χ1n) is 6.16. The predicted octanol–water partition coefficient (Wildman–Crippen LogP) is 3.84. The number of rotatable bonds is 3. The van der Waals surface area contributed by atoms with Crippen LogP contribution >= 0.6 is 0 Å². The zero-order valence-corrected chi connectivity index (χ0v) is 11.1. The summed E-state index contributed by atoms with van der Waals surface area (Å²) in [6.07, 6.45) is 1.67. The first kappa shape index (κ1) is 12.4. The molecule has 3 N–H and O–H groups in total. The van der Waals surface area contributed by atoms with Gasteiger partial charge in [-0.15, -0.1) is 0 Å². The molecule has 0 aliphatic carbocycles. The van der Waals surface area contributed by atoms with Crippen molar-refractivity contribution in [3.05, 3.63) is 47.7 Å². The molecule has 0 atom stereocenters. The van der Waals surface area contributed by atoms with Gasteiger partial charge in [0.05, 0.1) is 11.9 Å². The summed E-state index contributed by atoms with van der Waals surface area (Å²) >= 11 is 0. The van der Waals surface area contributed by atoms with Crippen LogP contribution in [0.4, 0.5) is 17.2 Å². The Balaban J connectivity index is 2.34. The number of nitrogens with two attached hydrogens (primary N) is 1. The van der Waals surface area contributed by atoms with Gasteiger partial charge in [0.15, 0.2) is 0 Å². The van der Waals surface area contributed by atoms with E-state index < -0.39 is 0 Å². The molecule has 0 radical (unpaired) electrons. The van der Waals surface area contributed by atoms with Crippen LogP contribution in [-0.2, 0) is 0 Å². The fourth-order valence-corrected chi connectivity index (χ4v) is 1.97. The number of benzene rings is 1. The van der Waals surface area contributed by atoms with Gasteiger partial charge in [0.2, 0.25) is 0 Å². The van der Waals surface area contributed by atoms with E-state index in [0.29, 0.717) is 11.6 Å². The topological polar surface area (TPSA) is 50.9 Å². The van der Waals surface area contributed by atoms with E-state index >= 15 is 0 Å². The Hall–Kier alpha value is -2.03. The van der Waals surface area contributed by atoms with Crippen LogP contribution in [0.3, 0.4) is 0 Å². The Morgan fingerprint density at radius 2 is 1.94 bits per heavy atom. The predicted molar refractivity (Wildman–Crippen MR) is 77.2 cm³/mol. The summed E-state index contributed by atoms with van der Waals surface area (Å²) in [4.78, 5) is 4.34. The number of nitrogen functional groups attached to an aromatic ring is 1. The van der Waals surface area contributed by atoms with Crippen LogP contribution in [0.1, 0.15) is 30.9 Å². The van der Waals surface area contributed by atoms with Crippen LogP contribution in [0.2, 0.25) is 0 Å². The number of pyridine rings is 1. The van der Waals surface area contributed by atoms with Crippen LogP contribution in [0.25, 0.3) is 0 Å². The van der Waals surface area contributed by atoms with Crippen molar-refractivity contribution in [3.63, 3.8) is 0 Å². The van der Waals surface area contributed by atoms with E-state index in [4.69, 9.17) is 5.73 Å². The molecule has 0 saturated carbocycles. The maximum atomic E-state index is 5.71. The maximum absolute atomic E-state index is 5.71. The molecule has 0 saturated heterocycles. The lowest BCUT2D eigenvalue weighted by Gasteiger charge is -2.15. The average molecular weight is 241 g/mol. The summed E-state index contributed by atoms with van der Waals surface area (Å²) < 4.78 is 0. The molecule has 3 heteroatoms. The van der Waals surface area contributed by atoms with Crippen molar-refractivity contribution in [2.24, 2.45) is 0 Å². The zero-order valence-electron chi connectivity index (χ0n) is 11.1. The van der Waals surface area contributed by atoms with Crippen molar-refractivity contribution in [1.82, 2.24) is 4.98 Å². The van der Waals surface area contributed by atoms with Gasteiger partial charge in [0.1, 0.15) is 5.82 Å². The average Bonchev–Trinajstić information content (AvgIpc) is 2.33. The molecule has 1 aromatic heterocycles. The van der Waals surface area contributed by atoms with Gasteiger partial charge in [-0.25, -0.2) is 4.98 Å². The van der Waals surface area contributed by atoms with Crippen molar-refractivity contribution < 1.29 is 0 Å². The lowest BCUT2D eigenvalue weighted by molar-refractivity contribution is 0.869. The number of nitrogens with one attached hydrogen (secondary N) is 1. The fraction of sp³-hybridized carbons (Fsp3) is 0.267. The van der Waals surface area contributed by atoms with E-state index in [1.165, 1.54) is 5.56 Å². The Kier molecular flexibility index (Phi) is 3.51. The molecule has 2 aromatic rings. The Morgan fingerprint density at radius 1 is 1.22 bits per heavy atom. The molecule has 0 bridgehead atoms. The molecular formula is C15H19N3. The largest absolute Gasteiger partial charge is 0.397 e. The molecule has 2 rings (SSSR count). The smallest absolute Gasteiger partial charge is 0.133 e. The molecule has 0 fully saturated rings. The molecule has 1 aromatic carbocycles.